The summed E-state index contributed by atoms with van der Waals surface area (Å²) < 4.78 is 11.0. The van der Waals surface area contributed by atoms with Gasteiger partial charge in [0.15, 0.2) is 0 Å². The van der Waals surface area contributed by atoms with E-state index in [1.165, 1.54) is 0 Å². The number of hydrogen-bond donors (Lipinski definition) is 1. The van der Waals surface area contributed by atoms with Crippen LogP contribution in [0.15, 0.2) is 24.3 Å². The van der Waals surface area contributed by atoms with E-state index in [2.05, 4.69) is 21.2 Å². The van der Waals surface area contributed by atoms with Crippen LogP contribution in [0.4, 0.5) is 5.69 Å². The summed E-state index contributed by atoms with van der Waals surface area (Å²) in [5.41, 5.74) is 1.13. The molecule has 2 heterocycles. The summed E-state index contributed by atoms with van der Waals surface area (Å²) in [7, 11) is 1.70. The van der Waals surface area contributed by atoms with Gasteiger partial charge >= 0.3 is 0 Å². The van der Waals surface area contributed by atoms with Crippen molar-refractivity contribution < 1.29 is 14.3 Å². The monoisotopic (exact) mass is 333 g/mol. The quantitative estimate of drug-likeness (QED) is 0.845. The minimum absolute atomic E-state index is 0.0937. The lowest BCUT2D eigenvalue weighted by Gasteiger charge is -2.36. The molecular weight excluding hydrogens is 306 g/mol. The first kappa shape index (κ1) is 17.0. The van der Waals surface area contributed by atoms with Crippen LogP contribution in [-0.4, -0.2) is 69.9 Å². The first-order valence-electron chi connectivity index (χ1n) is 8.75. The second kappa shape index (κ2) is 8.35. The van der Waals surface area contributed by atoms with Crippen molar-refractivity contribution >= 4 is 11.6 Å². The maximum absolute atomic E-state index is 12.1. The molecule has 2 aliphatic rings. The van der Waals surface area contributed by atoms with Gasteiger partial charge < -0.3 is 19.7 Å². The van der Waals surface area contributed by atoms with Crippen molar-refractivity contribution in [2.24, 2.45) is 0 Å². The average Bonchev–Trinajstić information content (AvgIpc) is 3.14. The highest BCUT2D eigenvalue weighted by Gasteiger charge is 2.22. The Morgan fingerprint density at radius 3 is 2.79 bits per heavy atom. The molecule has 24 heavy (non-hydrogen) atoms. The normalized spacial score (nSPS) is 21.7. The fourth-order valence-corrected chi connectivity index (χ4v) is 3.33. The summed E-state index contributed by atoms with van der Waals surface area (Å²) >= 11 is 0. The highest BCUT2D eigenvalue weighted by atomic mass is 16.5. The highest BCUT2D eigenvalue weighted by Crippen LogP contribution is 2.28. The maximum Gasteiger partial charge on any atom is 0.234 e. The van der Waals surface area contributed by atoms with Crippen molar-refractivity contribution in [1.82, 2.24) is 10.2 Å². The topological polar surface area (TPSA) is 54.0 Å². The SMILES string of the molecule is COc1ccccc1N1CCN(CC(=O)NC[C@H]2CCCO2)CC1. The van der Waals surface area contributed by atoms with E-state index in [4.69, 9.17) is 9.47 Å². The molecule has 2 aliphatic heterocycles. The number of methoxy groups -OCH3 is 1. The number of ether oxygens (including phenoxy) is 2. The fraction of sp³-hybridized carbons (Fsp3) is 0.611. The number of nitrogens with one attached hydrogen (secondary N) is 1. The van der Waals surface area contributed by atoms with Gasteiger partial charge in [0, 0.05) is 39.3 Å². The zero-order valence-corrected chi connectivity index (χ0v) is 14.4. The zero-order chi connectivity index (χ0) is 16.8. The second-order valence-electron chi connectivity index (χ2n) is 6.37. The molecule has 2 fully saturated rings. The molecule has 0 aliphatic carbocycles. The molecule has 0 bridgehead atoms. The summed E-state index contributed by atoms with van der Waals surface area (Å²) in [5, 5.41) is 2.99. The van der Waals surface area contributed by atoms with Gasteiger partial charge in [-0.05, 0) is 25.0 Å². The van der Waals surface area contributed by atoms with E-state index < -0.39 is 0 Å². The number of para-hydroxylation sites is 2. The number of rotatable bonds is 6. The number of carbonyl (C=O) groups excluding carboxylic acids is 1. The number of amides is 1. The molecule has 6 nitrogen and oxygen atoms in total. The Labute approximate surface area is 143 Å². The smallest absolute Gasteiger partial charge is 0.234 e. The predicted octanol–water partition coefficient (Wildman–Crippen LogP) is 1.11. The fourth-order valence-electron chi connectivity index (χ4n) is 3.33. The van der Waals surface area contributed by atoms with Gasteiger partial charge in [-0.2, -0.15) is 0 Å². The molecule has 1 N–H and O–H groups in total. The van der Waals surface area contributed by atoms with E-state index in [0.717, 1.165) is 57.1 Å². The Balaban J connectivity index is 1.42. The Bertz CT molecular complexity index is 538. The molecule has 3 rings (SSSR count). The average molecular weight is 333 g/mol. The molecule has 1 atom stereocenters. The van der Waals surface area contributed by atoms with E-state index in [0.29, 0.717) is 13.1 Å². The summed E-state index contributed by atoms with van der Waals surface area (Å²) in [4.78, 5) is 16.6. The number of benzene rings is 1. The lowest BCUT2D eigenvalue weighted by Crippen LogP contribution is -2.50. The van der Waals surface area contributed by atoms with E-state index in [1.807, 2.05) is 18.2 Å². The van der Waals surface area contributed by atoms with Gasteiger partial charge in [0.25, 0.3) is 0 Å². The third-order valence-electron chi connectivity index (χ3n) is 4.72. The van der Waals surface area contributed by atoms with Crippen molar-refractivity contribution in [3.63, 3.8) is 0 Å². The van der Waals surface area contributed by atoms with E-state index >= 15 is 0 Å². The van der Waals surface area contributed by atoms with Gasteiger partial charge in [-0.25, -0.2) is 0 Å². The standard InChI is InChI=1S/C18H27N3O3/c1-23-17-7-3-2-6-16(17)21-10-8-20(9-11-21)14-18(22)19-13-15-5-4-12-24-15/h2-3,6-7,15H,4-5,8-14H2,1H3,(H,19,22)/t15-/m1/s1. The van der Waals surface area contributed by atoms with Gasteiger partial charge in [-0.1, -0.05) is 12.1 Å². The molecule has 0 aromatic heterocycles. The Hall–Kier alpha value is -1.79. The zero-order valence-electron chi connectivity index (χ0n) is 14.4. The number of anilines is 1. The largest absolute Gasteiger partial charge is 0.495 e. The number of piperazine rings is 1. The molecule has 0 unspecified atom stereocenters. The van der Waals surface area contributed by atoms with Gasteiger partial charge in [0.1, 0.15) is 5.75 Å². The third kappa shape index (κ3) is 4.39. The lowest BCUT2D eigenvalue weighted by molar-refractivity contribution is -0.122. The van der Waals surface area contributed by atoms with Crippen molar-refractivity contribution in [2.75, 3.05) is 57.9 Å². The molecule has 1 aromatic rings. The molecule has 6 heteroatoms. The number of nitrogens with zero attached hydrogens (tertiary/aromatic N) is 2. The number of carbonyl (C=O) groups is 1. The molecule has 0 radical (unpaired) electrons. The molecule has 1 amide bonds. The summed E-state index contributed by atoms with van der Waals surface area (Å²) in [6.07, 6.45) is 2.36. The van der Waals surface area contributed by atoms with Crippen molar-refractivity contribution in [1.29, 1.82) is 0 Å². The molecule has 2 saturated heterocycles. The van der Waals surface area contributed by atoms with Crippen LogP contribution in [-0.2, 0) is 9.53 Å². The van der Waals surface area contributed by atoms with Crippen LogP contribution < -0.4 is 15.0 Å². The van der Waals surface area contributed by atoms with Crippen LogP contribution in [0.5, 0.6) is 5.75 Å². The molecule has 1 aromatic carbocycles. The predicted molar refractivity (Wildman–Crippen MR) is 93.6 cm³/mol. The van der Waals surface area contributed by atoms with Crippen LogP contribution >= 0.6 is 0 Å². The van der Waals surface area contributed by atoms with E-state index in [1.54, 1.807) is 7.11 Å². The van der Waals surface area contributed by atoms with Gasteiger partial charge in [0.2, 0.25) is 5.91 Å². The maximum atomic E-state index is 12.1. The van der Waals surface area contributed by atoms with Crippen LogP contribution in [0.2, 0.25) is 0 Å². The van der Waals surface area contributed by atoms with Crippen LogP contribution in [0.1, 0.15) is 12.8 Å². The van der Waals surface area contributed by atoms with Gasteiger partial charge in [0.05, 0.1) is 25.4 Å². The minimum atomic E-state index is 0.0937. The van der Waals surface area contributed by atoms with Crippen molar-refractivity contribution in [3.05, 3.63) is 24.3 Å². The Morgan fingerprint density at radius 1 is 1.29 bits per heavy atom. The molecular formula is C18H27N3O3. The molecule has 0 spiro atoms. The summed E-state index contributed by atoms with van der Waals surface area (Å²) in [6.45, 7) is 5.49. The molecule has 0 saturated carbocycles. The summed E-state index contributed by atoms with van der Waals surface area (Å²) in [5.74, 6) is 0.997. The lowest BCUT2D eigenvalue weighted by atomic mass is 10.2. The Morgan fingerprint density at radius 2 is 2.08 bits per heavy atom. The van der Waals surface area contributed by atoms with Crippen molar-refractivity contribution in [2.45, 2.75) is 18.9 Å². The first-order valence-corrected chi connectivity index (χ1v) is 8.75. The van der Waals surface area contributed by atoms with Crippen LogP contribution in [0, 0.1) is 0 Å². The van der Waals surface area contributed by atoms with Gasteiger partial charge in [-0.15, -0.1) is 0 Å². The third-order valence-corrected chi connectivity index (χ3v) is 4.72. The minimum Gasteiger partial charge on any atom is -0.495 e. The Kier molecular flexibility index (Phi) is 5.93. The van der Waals surface area contributed by atoms with E-state index in [-0.39, 0.29) is 12.0 Å². The second-order valence-corrected chi connectivity index (χ2v) is 6.37. The van der Waals surface area contributed by atoms with Gasteiger partial charge in [-0.3, -0.25) is 9.69 Å². The van der Waals surface area contributed by atoms with Crippen LogP contribution in [0.3, 0.4) is 0 Å². The highest BCUT2D eigenvalue weighted by molar-refractivity contribution is 5.78. The van der Waals surface area contributed by atoms with Crippen LogP contribution in [0.25, 0.3) is 0 Å². The summed E-state index contributed by atoms with van der Waals surface area (Å²) in [6, 6.07) is 8.09. The van der Waals surface area contributed by atoms with E-state index in [9.17, 15) is 4.79 Å². The first-order chi connectivity index (χ1) is 11.8. The molecule has 132 valence electrons. The number of hydrogen-bond acceptors (Lipinski definition) is 5. The van der Waals surface area contributed by atoms with Crippen molar-refractivity contribution in [3.8, 4) is 5.75 Å².